The molecule has 0 fully saturated rings. The third kappa shape index (κ3) is 4.40. The summed E-state index contributed by atoms with van der Waals surface area (Å²) in [6, 6.07) is 13.8. The van der Waals surface area contributed by atoms with E-state index in [9.17, 15) is 0 Å². The Bertz CT molecular complexity index is 631. The van der Waals surface area contributed by atoms with Crippen molar-refractivity contribution < 1.29 is 9.47 Å². The van der Waals surface area contributed by atoms with Crippen LogP contribution in [0, 0.1) is 0 Å². The van der Waals surface area contributed by atoms with Crippen molar-refractivity contribution in [2.75, 3.05) is 20.3 Å². The highest BCUT2D eigenvalue weighted by Gasteiger charge is 2.18. The second kappa shape index (κ2) is 8.80. The Balaban J connectivity index is 2.32. The van der Waals surface area contributed by atoms with Gasteiger partial charge in [0.15, 0.2) is 11.5 Å². The summed E-state index contributed by atoms with van der Waals surface area (Å²) >= 11 is 6.33. The summed E-state index contributed by atoms with van der Waals surface area (Å²) in [5, 5.41) is 0.752. The molecule has 0 saturated heterocycles. The lowest BCUT2D eigenvalue weighted by atomic mass is 9.91. The Kier molecular flexibility index (Phi) is 6.75. The minimum Gasteiger partial charge on any atom is -0.493 e. The number of hydrogen-bond donors (Lipinski definition) is 1. The summed E-state index contributed by atoms with van der Waals surface area (Å²) in [6.07, 6.45) is 1.71. The fourth-order valence-corrected chi connectivity index (χ4v) is 2.93. The van der Waals surface area contributed by atoms with Crippen molar-refractivity contribution in [3.05, 3.63) is 58.6 Å². The zero-order valence-electron chi connectivity index (χ0n) is 13.7. The number of hydrogen-bond acceptors (Lipinski definition) is 3. The molecule has 0 aromatic heterocycles. The predicted molar refractivity (Wildman–Crippen MR) is 95.7 cm³/mol. The van der Waals surface area contributed by atoms with E-state index in [-0.39, 0.29) is 5.92 Å². The quantitative estimate of drug-likeness (QED) is 0.777. The lowest BCUT2D eigenvalue weighted by Gasteiger charge is -2.20. The van der Waals surface area contributed by atoms with E-state index in [1.165, 1.54) is 0 Å². The van der Waals surface area contributed by atoms with Crippen LogP contribution in [-0.2, 0) is 6.42 Å². The van der Waals surface area contributed by atoms with Crippen molar-refractivity contribution in [3.63, 3.8) is 0 Å². The lowest BCUT2D eigenvalue weighted by Crippen LogP contribution is -2.16. The number of benzene rings is 2. The van der Waals surface area contributed by atoms with E-state index >= 15 is 0 Å². The number of nitrogens with two attached hydrogens (primary N) is 1. The topological polar surface area (TPSA) is 44.5 Å². The molecular formula is C19H24ClNO2. The molecule has 0 aliphatic heterocycles. The number of ether oxygens (including phenoxy) is 2. The second-order valence-corrected chi connectivity index (χ2v) is 5.86. The first-order chi connectivity index (χ1) is 11.2. The van der Waals surface area contributed by atoms with E-state index in [1.807, 2.05) is 36.4 Å². The van der Waals surface area contributed by atoms with Gasteiger partial charge in [-0.15, -0.1) is 0 Å². The molecule has 0 amide bonds. The van der Waals surface area contributed by atoms with Gasteiger partial charge in [0.25, 0.3) is 0 Å². The van der Waals surface area contributed by atoms with Gasteiger partial charge >= 0.3 is 0 Å². The summed E-state index contributed by atoms with van der Waals surface area (Å²) < 4.78 is 11.4. The number of methoxy groups -OCH3 is 1. The molecule has 0 spiro atoms. The van der Waals surface area contributed by atoms with Crippen LogP contribution in [-0.4, -0.2) is 20.3 Å². The molecule has 0 bridgehead atoms. The van der Waals surface area contributed by atoms with Gasteiger partial charge in [0.2, 0.25) is 0 Å². The molecule has 23 heavy (non-hydrogen) atoms. The molecule has 0 radical (unpaired) electrons. The minimum absolute atomic E-state index is 0.139. The van der Waals surface area contributed by atoms with Crippen LogP contribution in [0.4, 0.5) is 0 Å². The van der Waals surface area contributed by atoms with Gasteiger partial charge in [-0.2, -0.15) is 0 Å². The van der Waals surface area contributed by atoms with E-state index in [4.69, 9.17) is 26.8 Å². The first kappa shape index (κ1) is 17.6. The molecule has 0 saturated carbocycles. The van der Waals surface area contributed by atoms with Crippen molar-refractivity contribution in [2.45, 2.75) is 25.7 Å². The van der Waals surface area contributed by atoms with Crippen LogP contribution in [0.3, 0.4) is 0 Å². The molecule has 2 rings (SSSR count). The molecule has 0 aliphatic rings. The number of rotatable bonds is 8. The highest BCUT2D eigenvalue weighted by Crippen LogP contribution is 2.35. The Morgan fingerprint density at radius 1 is 1.13 bits per heavy atom. The van der Waals surface area contributed by atoms with Gasteiger partial charge in [-0.05, 0) is 42.6 Å². The molecule has 3 nitrogen and oxygen atoms in total. The number of para-hydroxylation sites is 1. The standard InChI is InChI=1S/C19H24ClNO2/c1-3-11-23-19-14(7-6-10-18(19)22-2)12-15(13-21)16-8-4-5-9-17(16)20/h4-10,15H,3,11-13,21H2,1-2H3. The fraction of sp³-hybridized carbons (Fsp3) is 0.368. The smallest absolute Gasteiger partial charge is 0.164 e. The average molecular weight is 334 g/mol. The summed E-state index contributed by atoms with van der Waals surface area (Å²) in [6.45, 7) is 3.27. The maximum atomic E-state index is 6.33. The third-order valence-corrected chi connectivity index (χ3v) is 4.17. The van der Waals surface area contributed by atoms with E-state index in [0.717, 1.165) is 40.5 Å². The van der Waals surface area contributed by atoms with Crippen LogP contribution in [0.2, 0.25) is 5.02 Å². The molecule has 124 valence electrons. The molecule has 2 N–H and O–H groups in total. The molecule has 1 unspecified atom stereocenters. The van der Waals surface area contributed by atoms with Crippen molar-refractivity contribution in [2.24, 2.45) is 5.73 Å². The Labute approximate surface area is 143 Å². The molecule has 0 heterocycles. The van der Waals surface area contributed by atoms with Gasteiger partial charge in [0.1, 0.15) is 0 Å². The van der Waals surface area contributed by atoms with E-state index in [0.29, 0.717) is 13.2 Å². The summed E-state index contributed by atoms with van der Waals surface area (Å²) in [5.74, 6) is 1.70. The zero-order valence-corrected chi connectivity index (χ0v) is 14.5. The highest BCUT2D eigenvalue weighted by molar-refractivity contribution is 6.31. The molecule has 2 aromatic rings. The van der Waals surface area contributed by atoms with Gasteiger partial charge in [-0.25, -0.2) is 0 Å². The average Bonchev–Trinajstić information content (AvgIpc) is 2.58. The van der Waals surface area contributed by atoms with Gasteiger partial charge in [-0.1, -0.05) is 48.9 Å². The Morgan fingerprint density at radius 2 is 1.91 bits per heavy atom. The molecule has 1 atom stereocenters. The van der Waals surface area contributed by atoms with Gasteiger partial charge in [0, 0.05) is 10.9 Å². The molecule has 4 heteroatoms. The van der Waals surface area contributed by atoms with Crippen LogP contribution < -0.4 is 15.2 Å². The lowest BCUT2D eigenvalue weighted by molar-refractivity contribution is 0.290. The van der Waals surface area contributed by atoms with Gasteiger partial charge in [-0.3, -0.25) is 0 Å². The van der Waals surface area contributed by atoms with Crippen LogP contribution in [0.5, 0.6) is 11.5 Å². The first-order valence-electron chi connectivity index (χ1n) is 7.94. The fourth-order valence-electron chi connectivity index (χ4n) is 2.64. The molecule has 0 aliphatic carbocycles. The minimum atomic E-state index is 0.139. The first-order valence-corrected chi connectivity index (χ1v) is 8.32. The second-order valence-electron chi connectivity index (χ2n) is 5.46. The van der Waals surface area contributed by atoms with E-state index < -0.39 is 0 Å². The molecule has 2 aromatic carbocycles. The van der Waals surface area contributed by atoms with Gasteiger partial charge < -0.3 is 15.2 Å². The van der Waals surface area contributed by atoms with Crippen LogP contribution >= 0.6 is 11.6 Å². The van der Waals surface area contributed by atoms with E-state index in [1.54, 1.807) is 7.11 Å². The predicted octanol–water partition coefficient (Wildman–Crippen LogP) is 4.42. The third-order valence-electron chi connectivity index (χ3n) is 3.83. The maximum absolute atomic E-state index is 6.33. The normalized spacial score (nSPS) is 12.0. The zero-order chi connectivity index (χ0) is 16.7. The van der Waals surface area contributed by atoms with Crippen molar-refractivity contribution in [3.8, 4) is 11.5 Å². The molecular weight excluding hydrogens is 310 g/mol. The van der Waals surface area contributed by atoms with Crippen molar-refractivity contribution in [1.29, 1.82) is 0 Å². The summed E-state index contributed by atoms with van der Waals surface area (Å²) in [4.78, 5) is 0. The monoisotopic (exact) mass is 333 g/mol. The van der Waals surface area contributed by atoms with Crippen LogP contribution in [0.25, 0.3) is 0 Å². The number of halogens is 1. The summed E-state index contributed by atoms with van der Waals surface area (Å²) in [7, 11) is 1.66. The Hall–Kier alpha value is -1.71. The summed E-state index contributed by atoms with van der Waals surface area (Å²) in [5.41, 5.74) is 8.17. The Morgan fingerprint density at radius 3 is 2.57 bits per heavy atom. The highest BCUT2D eigenvalue weighted by atomic mass is 35.5. The maximum Gasteiger partial charge on any atom is 0.164 e. The van der Waals surface area contributed by atoms with Crippen LogP contribution in [0.1, 0.15) is 30.4 Å². The van der Waals surface area contributed by atoms with Gasteiger partial charge in [0.05, 0.1) is 13.7 Å². The van der Waals surface area contributed by atoms with E-state index in [2.05, 4.69) is 13.0 Å². The van der Waals surface area contributed by atoms with Crippen LogP contribution in [0.15, 0.2) is 42.5 Å². The van der Waals surface area contributed by atoms with Crippen molar-refractivity contribution in [1.82, 2.24) is 0 Å². The SMILES string of the molecule is CCCOc1c(CC(CN)c2ccccc2Cl)cccc1OC. The van der Waals surface area contributed by atoms with Crippen molar-refractivity contribution >= 4 is 11.6 Å². The largest absolute Gasteiger partial charge is 0.493 e.